The topological polar surface area (TPSA) is 131 Å². The summed E-state index contributed by atoms with van der Waals surface area (Å²) in [5.41, 5.74) is 5.34. The second kappa shape index (κ2) is 6.33. The number of aliphatic hydroxyl groups is 1. The van der Waals surface area contributed by atoms with Gasteiger partial charge in [0, 0.05) is 5.02 Å². The molecule has 2 aromatic rings. The van der Waals surface area contributed by atoms with Crippen LogP contribution in [-0.4, -0.2) is 27.1 Å². The highest BCUT2D eigenvalue weighted by Gasteiger charge is 2.18. The first-order valence-corrected chi connectivity index (χ1v) is 6.19. The molecule has 1 heterocycles. The largest absolute Gasteiger partial charge is 0.378 e. The maximum Gasteiger partial charge on any atom is 0.315 e. The summed E-state index contributed by atoms with van der Waals surface area (Å²) < 4.78 is 4.55. The lowest BCUT2D eigenvalue weighted by Gasteiger charge is -2.10. The summed E-state index contributed by atoms with van der Waals surface area (Å²) in [6, 6.07) is 6.19. The number of nitrogens with two attached hydrogens (primary N) is 1. The van der Waals surface area contributed by atoms with Crippen molar-refractivity contribution in [2.75, 3.05) is 0 Å². The van der Waals surface area contributed by atoms with E-state index in [4.69, 9.17) is 17.3 Å². The Hall–Kier alpha value is -2.45. The van der Waals surface area contributed by atoms with Crippen LogP contribution >= 0.6 is 11.6 Å². The number of aromatic nitrogens is 2. The van der Waals surface area contributed by atoms with Gasteiger partial charge in [-0.3, -0.25) is 9.59 Å². The zero-order valence-corrected chi connectivity index (χ0v) is 11.4. The number of rotatable bonds is 5. The molecule has 0 saturated carbocycles. The predicted molar refractivity (Wildman–Crippen MR) is 71.1 cm³/mol. The van der Waals surface area contributed by atoms with Crippen LogP contribution in [0.15, 0.2) is 28.8 Å². The molecule has 0 spiro atoms. The van der Waals surface area contributed by atoms with Crippen LogP contribution in [-0.2, 0) is 11.3 Å². The highest BCUT2D eigenvalue weighted by molar-refractivity contribution is 6.30. The lowest BCUT2D eigenvalue weighted by Crippen LogP contribution is -2.29. The lowest BCUT2D eigenvalue weighted by atomic mass is 10.1. The molecule has 0 radical (unpaired) electrons. The Labute approximate surface area is 123 Å². The minimum atomic E-state index is -1.36. The van der Waals surface area contributed by atoms with E-state index in [0.717, 1.165) is 0 Å². The summed E-state index contributed by atoms with van der Waals surface area (Å²) in [4.78, 5) is 26.2. The summed E-state index contributed by atoms with van der Waals surface area (Å²) in [5.74, 6) is -1.79. The van der Waals surface area contributed by atoms with Gasteiger partial charge in [-0.1, -0.05) is 28.9 Å². The van der Waals surface area contributed by atoms with E-state index >= 15 is 0 Å². The molecule has 0 fully saturated rings. The summed E-state index contributed by atoms with van der Waals surface area (Å²) in [5, 5.41) is 16.2. The van der Waals surface area contributed by atoms with Crippen LogP contribution in [0.25, 0.3) is 0 Å². The molecule has 0 bridgehead atoms. The van der Waals surface area contributed by atoms with E-state index in [0.29, 0.717) is 10.6 Å². The summed E-state index contributed by atoms with van der Waals surface area (Å²) in [7, 11) is 0. The molecule has 0 saturated heterocycles. The second-order valence-electron chi connectivity index (χ2n) is 4.05. The van der Waals surface area contributed by atoms with Crippen LogP contribution < -0.4 is 11.1 Å². The zero-order valence-electron chi connectivity index (χ0n) is 10.6. The average molecular weight is 311 g/mol. The smallest absolute Gasteiger partial charge is 0.315 e. The highest BCUT2D eigenvalue weighted by Crippen LogP contribution is 2.16. The fraction of sp³-hybridized carbons (Fsp3) is 0.167. The van der Waals surface area contributed by atoms with Crippen molar-refractivity contribution in [2.24, 2.45) is 5.73 Å². The van der Waals surface area contributed by atoms with Gasteiger partial charge in [-0.15, -0.1) is 0 Å². The fourth-order valence-electron chi connectivity index (χ4n) is 1.49. The Kier molecular flexibility index (Phi) is 4.51. The Morgan fingerprint density at radius 3 is 2.62 bits per heavy atom. The standard InChI is InChI=1S/C12H11ClN4O4/c13-7-3-1-6(2-4-7)9(18)11(20)15-5-8-16-12(10(14)19)21-17-8/h1-4,9,18H,5H2,(H2,14,19)(H,15,20). The Bertz CT molecular complexity index is 656. The molecule has 0 aliphatic rings. The van der Waals surface area contributed by atoms with E-state index in [2.05, 4.69) is 20.0 Å². The zero-order chi connectivity index (χ0) is 15.4. The van der Waals surface area contributed by atoms with Gasteiger partial charge in [-0.2, -0.15) is 4.98 Å². The van der Waals surface area contributed by atoms with Crippen molar-refractivity contribution in [3.05, 3.63) is 46.6 Å². The van der Waals surface area contributed by atoms with Gasteiger partial charge in [0.25, 0.3) is 5.91 Å². The number of amides is 2. The van der Waals surface area contributed by atoms with Crippen molar-refractivity contribution in [3.8, 4) is 0 Å². The van der Waals surface area contributed by atoms with E-state index in [1.807, 2.05) is 0 Å². The molecular formula is C12H11ClN4O4. The van der Waals surface area contributed by atoms with Crippen LogP contribution in [0.5, 0.6) is 0 Å². The first-order valence-electron chi connectivity index (χ1n) is 5.81. The summed E-state index contributed by atoms with van der Waals surface area (Å²) in [6.07, 6.45) is -1.36. The van der Waals surface area contributed by atoms with Crippen LogP contribution in [0.3, 0.4) is 0 Å². The number of benzene rings is 1. The van der Waals surface area contributed by atoms with Crippen molar-refractivity contribution in [1.29, 1.82) is 0 Å². The number of carbonyl (C=O) groups excluding carboxylic acids is 2. The Balaban J connectivity index is 1.94. The molecule has 1 atom stereocenters. The minimum absolute atomic E-state index is 0.0699. The second-order valence-corrected chi connectivity index (χ2v) is 4.49. The number of nitrogens with zero attached hydrogens (tertiary/aromatic N) is 2. The maximum absolute atomic E-state index is 11.8. The maximum atomic E-state index is 11.8. The first-order chi connectivity index (χ1) is 9.97. The molecule has 1 unspecified atom stereocenters. The third-order valence-corrected chi connectivity index (χ3v) is 2.79. The van der Waals surface area contributed by atoms with Crippen LogP contribution in [0.1, 0.15) is 28.2 Å². The van der Waals surface area contributed by atoms with Crippen molar-refractivity contribution in [2.45, 2.75) is 12.6 Å². The molecule has 8 nitrogen and oxygen atoms in total. The molecule has 9 heteroatoms. The highest BCUT2D eigenvalue weighted by atomic mass is 35.5. The van der Waals surface area contributed by atoms with Gasteiger partial charge in [-0.25, -0.2) is 0 Å². The molecule has 1 aromatic carbocycles. The molecule has 0 aliphatic heterocycles. The van der Waals surface area contributed by atoms with Crippen molar-refractivity contribution < 1.29 is 19.2 Å². The van der Waals surface area contributed by atoms with Crippen molar-refractivity contribution >= 4 is 23.4 Å². The monoisotopic (exact) mass is 310 g/mol. The molecule has 110 valence electrons. The number of hydrogen-bond acceptors (Lipinski definition) is 6. The molecule has 2 amide bonds. The van der Waals surface area contributed by atoms with Gasteiger partial charge >= 0.3 is 11.8 Å². The number of halogens is 1. The van der Waals surface area contributed by atoms with Crippen LogP contribution in [0.2, 0.25) is 5.02 Å². The third-order valence-electron chi connectivity index (χ3n) is 2.53. The van der Waals surface area contributed by atoms with Gasteiger partial charge in [0.05, 0.1) is 6.54 Å². The Morgan fingerprint density at radius 1 is 1.38 bits per heavy atom. The third kappa shape index (κ3) is 3.77. The number of hydrogen-bond donors (Lipinski definition) is 3. The number of nitrogens with one attached hydrogen (secondary N) is 1. The molecule has 2 rings (SSSR count). The van der Waals surface area contributed by atoms with E-state index in [9.17, 15) is 14.7 Å². The van der Waals surface area contributed by atoms with Gasteiger partial charge in [0.15, 0.2) is 11.9 Å². The Morgan fingerprint density at radius 2 is 2.05 bits per heavy atom. The van der Waals surface area contributed by atoms with Gasteiger partial charge in [0.2, 0.25) is 0 Å². The van der Waals surface area contributed by atoms with Crippen LogP contribution in [0.4, 0.5) is 0 Å². The van der Waals surface area contributed by atoms with E-state index in [1.54, 1.807) is 12.1 Å². The van der Waals surface area contributed by atoms with E-state index < -0.39 is 17.9 Å². The first kappa shape index (κ1) is 14.9. The number of carbonyl (C=O) groups is 2. The van der Waals surface area contributed by atoms with Crippen LogP contribution in [0, 0.1) is 0 Å². The molecule has 21 heavy (non-hydrogen) atoms. The predicted octanol–water partition coefficient (Wildman–Crippen LogP) is 0.172. The average Bonchev–Trinajstić information content (AvgIpc) is 2.94. The molecule has 4 N–H and O–H groups in total. The van der Waals surface area contributed by atoms with Crippen molar-refractivity contribution in [1.82, 2.24) is 15.5 Å². The van der Waals surface area contributed by atoms with Gasteiger partial charge in [0.1, 0.15) is 0 Å². The quantitative estimate of drug-likeness (QED) is 0.721. The molecule has 0 aliphatic carbocycles. The lowest BCUT2D eigenvalue weighted by molar-refractivity contribution is -0.129. The normalized spacial score (nSPS) is 11.9. The van der Waals surface area contributed by atoms with Crippen molar-refractivity contribution in [3.63, 3.8) is 0 Å². The van der Waals surface area contributed by atoms with E-state index in [-0.39, 0.29) is 18.3 Å². The molecular weight excluding hydrogens is 300 g/mol. The molecule has 1 aromatic heterocycles. The minimum Gasteiger partial charge on any atom is -0.378 e. The SMILES string of the molecule is NC(=O)c1nc(CNC(=O)C(O)c2ccc(Cl)cc2)no1. The summed E-state index contributed by atoms with van der Waals surface area (Å²) >= 11 is 5.72. The van der Waals surface area contributed by atoms with E-state index in [1.165, 1.54) is 12.1 Å². The number of primary amides is 1. The summed E-state index contributed by atoms with van der Waals surface area (Å²) in [6.45, 7) is -0.111. The van der Waals surface area contributed by atoms with Gasteiger partial charge < -0.3 is 20.7 Å². The van der Waals surface area contributed by atoms with Gasteiger partial charge in [-0.05, 0) is 17.7 Å². The number of aliphatic hydroxyl groups excluding tert-OH is 1. The fourth-order valence-corrected chi connectivity index (χ4v) is 1.61.